The van der Waals surface area contributed by atoms with E-state index in [4.69, 9.17) is 4.42 Å². The number of nitrogens with zero attached hydrogens (tertiary/aromatic N) is 2. The van der Waals surface area contributed by atoms with Crippen molar-refractivity contribution in [3.8, 4) is 55.9 Å². The van der Waals surface area contributed by atoms with Crippen LogP contribution in [0.25, 0.3) is 77.8 Å². The quantitative estimate of drug-likeness (QED) is 0.162. The zero-order chi connectivity index (χ0) is 33.7. The standard InChI is InChI=1S/C36H24NO.C11H8N.Ir/c1-24-8-4-16-34(37-24)30-12-6-10-28(23-30)26-20-18-25(19-21-26)27-9-5-11-29(22-27)31-14-7-15-33-32-13-2-3-17-35(32)38-36(31)33;1-2-6-10(7-3-1)11-8-4-5-9-12-11;/h2-11,13-23H,1H3;1-6,8-9H;/q2*-1;. The van der Waals surface area contributed by atoms with Crippen molar-refractivity contribution in [1.82, 2.24) is 9.97 Å². The van der Waals surface area contributed by atoms with Crippen molar-refractivity contribution in [3.05, 3.63) is 194 Å². The zero-order valence-corrected chi connectivity index (χ0v) is 30.3. The molecule has 0 unspecified atom stereocenters. The number of aromatic nitrogens is 2. The average molecular weight is 833 g/mol. The minimum atomic E-state index is 0. The first-order valence-corrected chi connectivity index (χ1v) is 16.6. The summed E-state index contributed by atoms with van der Waals surface area (Å²) in [7, 11) is 0. The van der Waals surface area contributed by atoms with E-state index in [0.717, 1.165) is 66.8 Å². The van der Waals surface area contributed by atoms with Crippen LogP contribution in [0, 0.1) is 19.1 Å². The van der Waals surface area contributed by atoms with Gasteiger partial charge in [-0.3, -0.25) is 0 Å². The monoisotopic (exact) mass is 833 g/mol. The van der Waals surface area contributed by atoms with Crippen LogP contribution in [-0.2, 0) is 20.1 Å². The van der Waals surface area contributed by atoms with Crippen LogP contribution in [0.4, 0.5) is 0 Å². The molecule has 51 heavy (non-hydrogen) atoms. The Hall–Kier alpha value is -5.93. The third-order valence-electron chi connectivity index (χ3n) is 8.75. The minimum Gasteiger partial charge on any atom is -0.455 e. The number of furan rings is 1. The van der Waals surface area contributed by atoms with Gasteiger partial charge in [-0.15, -0.1) is 71.3 Å². The van der Waals surface area contributed by atoms with Crippen LogP contribution in [0.5, 0.6) is 0 Å². The van der Waals surface area contributed by atoms with Gasteiger partial charge in [-0.25, -0.2) is 0 Å². The Labute approximate surface area is 311 Å². The molecule has 0 aliphatic rings. The molecule has 1 radical (unpaired) electrons. The summed E-state index contributed by atoms with van der Waals surface area (Å²) in [4.78, 5) is 8.88. The van der Waals surface area contributed by atoms with Crippen LogP contribution in [0.1, 0.15) is 5.69 Å². The molecule has 4 heteroatoms. The molecule has 0 bridgehead atoms. The summed E-state index contributed by atoms with van der Waals surface area (Å²) in [6.45, 7) is 2.01. The summed E-state index contributed by atoms with van der Waals surface area (Å²) in [5.41, 5.74) is 13.7. The largest absolute Gasteiger partial charge is 0.455 e. The van der Waals surface area contributed by atoms with Crippen LogP contribution in [0.15, 0.2) is 180 Å². The normalized spacial score (nSPS) is 10.7. The van der Waals surface area contributed by atoms with Gasteiger partial charge in [0, 0.05) is 48.3 Å². The first-order chi connectivity index (χ1) is 24.7. The molecule has 0 saturated heterocycles. The minimum absolute atomic E-state index is 0. The summed E-state index contributed by atoms with van der Waals surface area (Å²) in [6.07, 6.45) is 1.79. The second-order valence-corrected chi connectivity index (χ2v) is 12.1. The summed E-state index contributed by atoms with van der Waals surface area (Å²) in [5.74, 6) is 0. The number of fused-ring (bicyclic) bond motifs is 3. The van der Waals surface area contributed by atoms with Gasteiger partial charge >= 0.3 is 0 Å². The van der Waals surface area contributed by atoms with Crippen molar-refractivity contribution in [2.45, 2.75) is 6.92 Å². The molecule has 9 aromatic rings. The molecule has 0 aliphatic carbocycles. The second kappa shape index (κ2) is 15.3. The number of hydrogen-bond acceptors (Lipinski definition) is 3. The van der Waals surface area contributed by atoms with Gasteiger partial charge in [0.15, 0.2) is 0 Å². The van der Waals surface area contributed by atoms with E-state index >= 15 is 0 Å². The fourth-order valence-corrected chi connectivity index (χ4v) is 6.26. The van der Waals surface area contributed by atoms with Crippen LogP contribution in [-0.4, -0.2) is 9.97 Å². The zero-order valence-electron chi connectivity index (χ0n) is 27.9. The van der Waals surface area contributed by atoms with E-state index in [0.29, 0.717) is 0 Å². The molecular formula is C47H32IrN2O-2. The Morgan fingerprint density at radius 2 is 1.18 bits per heavy atom. The average Bonchev–Trinajstić information content (AvgIpc) is 3.58. The molecule has 0 spiro atoms. The predicted octanol–water partition coefficient (Wildman–Crippen LogP) is 12.3. The molecule has 0 fully saturated rings. The Kier molecular flexibility index (Phi) is 10.1. The van der Waals surface area contributed by atoms with Crippen molar-refractivity contribution in [3.63, 3.8) is 0 Å². The summed E-state index contributed by atoms with van der Waals surface area (Å²) in [5, 5.41) is 2.30. The first-order valence-electron chi connectivity index (χ1n) is 16.6. The number of para-hydroxylation sites is 2. The van der Waals surface area contributed by atoms with Gasteiger partial charge in [-0.05, 0) is 64.8 Å². The molecule has 9 rings (SSSR count). The van der Waals surface area contributed by atoms with E-state index in [1.54, 1.807) is 6.20 Å². The Balaban J connectivity index is 0.000000265. The molecular weight excluding hydrogens is 801 g/mol. The molecule has 0 N–H and O–H groups in total. The van der Waals surface area contributed by atoms with Crippen molar-refractivity contribution in [2.24, 2.45) is 0 Å². The molecule has 3 heterocycles. The second-order valence-electron chi connectivity index (χ2n) is 12.1. The molecule has 0 aliphatic heterocycles. The fourth-order valence-electron chi connectivity index (χ4n) is 6.26. The molecule has 6 aromatic carbocycles. The predicted molar refractivity (Wildman–Crippen MR) is 205 cm³/mol. The molecule has 0 saturated carbocycles. The van der Waals surface area contributed by atoms with Crippen LogP contribution in [0.3, 0.4) is 0 Å². The molecule has 3 aromatic heterocycles. The topological polar surface area (TPSA) is 38.9 Å². The fraction of sp³-hybridized carbons (Fsp3) is 0.0213. The third-order valence-corrected chi connectivity index (χ3v) is 8.75. The van der Waals surface area contributed by atoms with Gasteiger partial charge in [0.2, 0.25) is 0 Å². The van der Waals surface area contributed by atoms with Crippen molar-refractivity contribution >= 4 is 21.9 Å². The smallest absolute Gasteiger partial charge is 0.143 e. The summed E-state index contributed by atoms with van der Waals surface area (Å²) < 4.78 is 6.29. The number of aryl methyl sites for hydroxylation is 1. The molecule has 0 atom stereocenters. The third kappa shape index (κ3) is 7.34. The Morgan fingerprint density at radius 3 is 1.96 bits per heavy atom. The maximum atomic E-state index is 6.29. The van der Waals surface area contributed by atoms with Crippen molar-refractivity contribution < 1.29 is 24.5 Å². The van der Waals surface area contributed by atoms with E-state index in [-0.39, 0.29) is 20.1 Å². The van der Waals surface area contributed by atoms with Crippen molar-refractivity contribution in [2.75, 3.05) is 0 Å². The van der Waals surface area contributed by atoms with Gasteiger partial charge in [0.05, 0.1) is 0 Å². The van der Waals surface area contributed by atoms with Crippen molar-refractivity contribution in [1.29, 1.82) is 0 Å². The molecule has 3 nitrogen and oxygen atoms in total. The van der Waals surface area contributed by atoms with E-state index in [9.17, 15) is 0 Å². The number of rotatable bonds is 5. The maximum absolute atomic E-state index is 6.29. The van der Waals surface area contributed by atoms with Gasteiger partial charge in [-0.2, -0.15) is 0 Å². The number of benzene rings is 6. The van der Waals surface area contributed by atoms with Gasteiger partial charge in [-0.1, -0.05) is 103 Å². The van der Waals surface area contributed by atoms with Crippen LogP contribution < -0.4 is 0 Å². The number of hydrogen-bond donors (Lipinski definition) is 0. The van der Waals surface area contributed by atoms with E-state index < -0.39 is 0 Å². The van der Waals surface area contributed by atoms with Crippen LogP contribution >= 0.6 is 0 Å². The van der Waals surface area contributed by atoms with E-state index in [2.05, 4.69) is 113 Å². The number of pyridine rings is 2. The summed E-state index contributed by atoms with van der Waals surface area (Å²) in [6, 6.07) is 64.5. The summed E-state index contributed by atoms with van der Waals surface area (Å²) >= 11 is 0. The SMILES string of the molecule is Cc1cccc(-c2[c-]ccc(-c3ccc(-c4cccc(-c5cccc6c5oc5ccccc56)c4)cc3)c2)n1.[Ir].[c-]1ccccc1-c1ccccn1. The Morgan fingerprint density at radius 1 is 0.490 bits per heavy atom. The first kappa shape index (κ1) is 33.6. The van der Waals surface area contributed by atoms with E-state index in [1.165, 1.54) is 16.7 Å². The molecule has 247 valence electrons. The van der Waals surface area contributed by atoms with Gasteiger partial charge in [0.25, 0.3) is 0 Å². The molecule has 0 amide bonds. The Bertz CT molecular complexity index is 2500. The van der Waals surface area contributed by atoms with Crippen LogP contribution in [0.2, 0.25) is 0 Å². The van der Waals surface area contributed by atoms with E-state index in [1.807, 2.05) is 85.8 Å². The van der Waals surface area contributed by atoms with Gasteiger partial charge < -0.3 is 14.4 Å². The maximum Gasteiger partial charge on any atom is 0.143 e. The van der Waals surface area contributed by atoms with Gasteiger partial charge in [0.1, 0.15) is 11.2 Å².